The molecule has 1 N–H and O–H groups in total. The molecule has 3 heteroatoms. The summed E-state index contributed by atoms with van der Waals surface area (Å²) in [4.78, 5) is 20.2. The highest BCUT2D eigenvalue weighted by molar-refractivity contribution is 5.77. The first-order valence-corrected chi connectivity index (χ1v) is 2.81. The lowest BCUT2D eigenvalue weighted by atomic mass is 10.3. The van der Waals surface area contributed by atoms with Crippen LogP contribution in [0.15, 0.2) is 0 Å². The number of hydrogen-bond acceptors (Lipinski definition) is 2. The van der Waals surface area contributed by atoms with Crippen molar-refractivity contribution in [1.82, 2.24) is 5.32 Å². The van der Waals surface area contributed by atoms with Gasteiger partial charge in [0.1, 0.15) is 6.29 Å². The van der Waals surface area contributed by atoms with E-state index in [1.165, 1.54) is 0 Å². The van der Waals surface area contributed by atoms with Crippen LogP contribution in [-0.2, 0) is 9.59 Å². The third-order valence-electron chi connectivity index (χ3n) is 0.811. The maximum atomic E-state index is 10.5. The smallest absolute Gasteiger partial charge is 0.220 e. The van der Waals surface area contributed by atoms with Crippen molar-refractivity contribution >= 4 is 12.2 Å². The Morgan fingerprint density at radius 3 is 2.78 bits per heavy atom. The highest BCUT2D eigenvalue weighted by Gasteiger charge is 1.95. The number of amides is 1. The summed E-state index contributed by atoms with van der Waals surface area (Å²) in [6.45, 7) is 3.80. The van der Waals surface area contributed by atoms with Crippen LogP contribution in [0.2, 0.25) is 0 Å². The van der Waals surface area contributed by atoms with Crippen LogP contribution in [0.5, 0.6) is 0 Å². The molecular weight excluding hydrogens is 118 g/mol. The molecule has 0 bridgehead atoms. The molecule has 0 atom stereocenters. The molecule has 0 aliphatic heterocycles. The summed E-state index contributed by atoms with van der Waals surface area (Å²) in [5, 5.41) is 2.47. The standard InChI is InChI=1S/C6H10NO2/c1-2-7-6(9)4-3-5-8/h5H,1-4H2,(H,7,9). The zero-order valence-electron chi connectivity index (χ0n) is 5.22. The van der Waals surface area contributed by atoms with Gasteiger partial charge in [-0.25, -0.2) is 0 Å². The molecule has 1 amide bonds. The van der Waals surface area contributed by atoms with Crippen molar-refractivity contribution in [3.8, 4) is 0 Å². The first-order valence-electron chi connectivity index (χ1n) is 2.81. The van der Waals surface area contributed by atoms with E-state index in [0.717, 1.165) is 6.29 Å². The average molecular weight is 128 g/mol. The highest BCUT2D eigenvalue weighted by atomic mass is 16.1. The van der Waals surface area contributed by atoms with Gasteiger partial charge in [-0.3, -0.25) is 4.79 Å². The van der Waals surface area contributed by atoms with Gasteiger partial charge in [0.05, 0.1) is 0 Å². The first-order chi connectivity index (χ1) is 4.31. The zero-order valence-corrected chi connectivity index (χ0v) is 5.22. The average Bonchev–Trinajstić information content (AvgIpc) is 1.85. The lowest BCUT2D eigenvalue weighted by Crippen LogP contribution is -2.22. The molecule has 3 nitrogen and oxygen atoms in total. The van der Waals surface area contributed by atoms with Gasteiger partial charge in [0, 0.05) is 19.4 Å². The van der Waals surface area contributed by atoms with Crippen molar-refractivity contribution in [3.05, 3.63) is 6.92 Å². The Balaban J connectivity index is 3.16. The molecule has 0 saturated carbocycles. The summed E-state index contributed by atoms with van der Waals surface area (Å²) >= 11 is 0. The van der Waals surface area contributed by atoms with Crippen molar-refractivity contribution in [3.63, 3.8) is 0 Å². The monoisotopic (exact) mass is 128 g/mol. The van der Waals surface area contributed by atoms with Crippen molar-refractivity contribution in [2.75, 3.05) is 6.54 Å². The molecule has 0 aliphatic carbocycles. The van der Waals surface area contributed by atoms with E-state index in [-0.39, 0.29) is 12.3 Å². The topological polar surface area (TPSA) is 46.2 Å². The third-order valence-corrected chi connectivity index (χ3v) is 0.811. The van der Waals surface area contributed by atoms with Crippen LogP contribution in [0.3, 0.4) is 0 Å². The van der Waals surface area contributed by atoms with E-state index in [4.69, 9.17) is 0 Å². The third kappa shape index (κ3) is 5.00. The second-order valence-corrected chi connectivity index (χ2v) is 1.56. The predicted molar refractivity (Wildman–Crippen MR) is 33.7 cm³/mol. The summed E-state index contributed by atoms with van der Waals surface area (Å²) in [5.41, 5.74) is 0. The van der Waals surface area contributed by atoms with Crippen molar-refractivity contribution < 1.29 is 9.59 Å². The molecule has 0 aromatic rings. The number of rotatable bonds is 4. The maximum Gasteiger partial charge on any atom is 0.220 e. The quantitative estimate of drug-likeness (QED) is 0.538. The number of carbonyl (C=O) groups excluding carboxylic acids is 2. The molecule has 0 fully saturated rings. The minimum Gasteiger partial charge on any atom is -0.356 e. The Morgan fingerprint density at radius 2 is 2.33 bits per heavy atom. The SMILES string of the molecule is [CH2]CNC(=O)CCC=O. The van der Waals surface area contributed by atoms with Gasteiger partial charge in [-0.2, -0.15) is 0 Å². The fourth-order valence-electron chi connectivity index (χ4n) is 0.418. The van der Waals surface area contributed by atoms with Crippen LogP contribution >= 0.6 is 0 Å². The van der Waals surface area contributed by atoms with Crippen LogP contribution in [0, 0.1) is 6.92 Å². The molecule has 51 valence electrons. The fraction of sp³-hybridized carbons (Fsp3) is 0.500. The van der Waals surface area contributed by atoms with Crippen LogP contribution < -0.4 is 5.32 Å². The molecule has 0 aromatic heterocycles. The van der Waals surface area contributed by atoms with E-state index in [1.807, 2.05) is 0 Å². The lowest BCUT2D eigenvalue weighted by molar-refractivity contribution is -0.122. The Hall–Kier alpha value is -0.860. The molecule has 9 heavy (non-hydrogen) atoms. The second-order valence-electron chi connectivity index (χ2n) is 1.56. The van der Waals surface area contributed by atoms with Crippen molar-refractivity contribution in [1.29, 1.82) is 0 Å². The maximum absolute atomic E-state index is 10.5. The fourth-order valence-corrected chi connectivity index (χ4v) is 0.418. The Bertz CT molecular complexity index is 101. The minimum absolute atomic E-state index is 0.114. The number of carbonyl (C=O) groups is 2. The number of hydrogen-bond donors (Lipinski definition) is 1. The minimum atomic E-state index is -0.114. The number of nitrogens with one attached hydrogen (secondary N) is 1. The van der Waals surface area contributed by atoms with Gasteiger partial charge in [-0.05, 0) is 6.92 Å². The molecule has 0 aliphatic rings. The van der Waals surface area contributed by atoms with Gasteiger partial charge in [0.25, 0.3) is 0 Å². The molecule has 1 radical (unpaired) electrons. The van der Waals surface area contributed by atoms with Crippen LogP contribution in [0.1, 0.15) is 12.8 Å². The zero-order chi connectivity index (χ0) is 7.11. The summed E-state index contributed by atoms with van der Waals surface area (Å²) in [7, 11) is 0. The van der Waals surface area contributed by atoms with E-state index < -0.39 is 0 Å². The Morgan fingerprint density at radius 1 is 1.67 bits per heavy atom. The largest absolute Gasteiger partial charge is 0.356 e. The molecular formula is C6H10NO2. The van der Waals surface area contributed by atoms with E-state index in [9.17, 15) is 9.59 Å². The molecule has 0 aromatic carbocycles. The predicted octanol–water partition coefficient (Wildman–Crippen LogP) is -0.0842. The van der Waals surface area contributed by atoms with E-state index >= 15 is 0 Å². The Labute approximate surface area is 54.4 Å². The van der Waals surface area contributed by atoms with E-state index in [1.54, 1.807) is 0 Å². The van der Waals surface area contributed by atoms with Gasteiger partial charge < -0.3 is 10.1 Å². The van der Waals surface area contributed by atoms with E-state index in [0.29, 0.717) is 13.0 Å². The number of aldehydes is 1. The van der Waals surface area contributed by atoms with Crippen LogP contribution in [-0.4, -0.2) is 18.7 Å². The summed E-state index contributed by atoms with van der Waals surface area (Å²) in [5.74, 6) is -0.114. The molecule has 0 heterocycles. The van der Waals surface area contributed by atoms with Gasteiger partial charge in [-0.15, -0.1) is 0 Å². The van der Waals surface area contributed by atoms with Crippen LogP contribution in [0.4, 0.5) is 0 Å². The molecule has 0 unspecified atom stereocenters. The second kappa shape index (κ2) is 5.28. The summed E-state index contributed by atoms with van der Waals surface area (Å²) < 4.78 is 0. The van der Waals surface area contributed by atoms with Gasteiger partial charge in [0.2, 0.25) is 5.91 Å². The normalized spacial score (nSPS) is 8.56. The van der Waals surface area contributed by atoms with Crippen LogP contribution in [0.25, 0.3) is 0 Å². The molecule has 0 rings (SSSR count). The molecule has 0 spiro atoms. The summed E-state index contributed by atoms with van der Waals surface area (Å²) in [6, 6.07) is 0. The molecule has 0 saturated heterocycles. The van der Waals surface area contributed by atoms with Gasteiger partial charge in [-0.1, -0.05) is 0 Å². The van der Waals surface area contributed by atoms with E-state index in [2.05, 4.69) is 12.2 Å². The highest BCUT2D eigenvalue weighted by Crippen LogP contribution is 1.82. The Kier molecular flexibility index (Phi) is 4.78. The van der Waals surface area contributed by atoms with Gasteiger partial charge >= 0.3 is 0 Å². The van der Waals surface area contributed by atoms with Crippen molar-refractivity contribution in [2.24, 2.45) is 0 Å². The van der Waals surface area contributed by atoms with Gasteiger partial charge in [0.15, 0.2) is 0 Å². The van der Waals surface area contributed by atoms with Crippen molar-refractivity contribution in [2.45, 2.75) is 12.8 Å². The first kappa shape index (κ1) is 8.14. The lowest BCUT2D eigenvalue weighted by Gasteiger charge is -1.96. The summed E-state index contributed by atoms with van der Waals surface area (Å²) in [6.07, 6.45) is 1.30.